The van der Waals surface area contributed by atoms with E-state index in [1.807, 2.05) is 14.0 Å². The molecule has 224 valence electrons. The highest BCUT2D eigenvalue weighted by atomic mass is 19.4. The number of ether oxygens (including phenoxy) is 2. The second-order valence-electron chi connectivity index (χ2n) is 10.2. The van der Waals surface area contributed by atoms with Gasteiger partial charge in [-0.3, -0.25) is 4.79 Å². The SMILES string of the molecule is CNc1nccc(-c2cccnc2Oc2cc(C(=O)Nc3cc(OC[C@@H]4CCCN4C)cc(C(F)(F)F)c3)ccc2C)n1. The van der Waals surface area contributed by atoms with E-state index in [4.69, 9.17) is 9.47 Å². The van der Waals surface area contributed by atoms with Gasteiger partial charge in [0.1, 0.15) is 18.1 Å². The summed E-state index contributed by atoms with van der Waals surface area (Å²) < 4.78 is 53.0. The number of rotatable bonds is 9. The number of nitrogens with one attached hydrogen (secondary N) is 2. The molecule has 3 heterocycles. The van der Waals surface area contributed by atoms with Gasteiger partial charge >= 0.3 is 6.18 Å². The van der Waals surface area contributed by atoms with Crippen LogP contribution in [0.3, 0.4) is 0 Å². The van der Waals surface area contributed by atoms with Crippen molar-refractivity contribution in [2.45, 2.75) is 32.0 Å². The molecule has 0 spiro atoms. The number of hydrogen-bond donors (Lipinski definition) is 2. The van der Waals surface area contributed by atoms with E-state index >= 15 is 0 Å². The maximum absolute atomic E-state index is 13.7. The third kappa shape index (κ3) is 7.20. The molecule has 12 heteroatoms. The fraction of sp³-hybridized carbons (Fsp3) is 0.290. The summed E-state index contributed by atoms with van der Waals surface area (Å²) in [6.45, 7) is 2.98. The summed E-state index contributed by atoms with van der Waals surface area (Å²) in [6.07, 6.45) is 0.483. The third-order valence-corrected chi connectivity index (χ3v) is 7.19. The third-order valence-electron chi connectivity index (χ3n) is 7.19. The highest BCUT2D eigenvalue weighted by Gasteiger charge is 2.32. The van der Waals surface area contributed by atoms with Gasteiger partial charge in [0.15, 0.2) is 0 Å². The van der Waals surface area contributed by atoms with Gasteiger partial charge in [0.2, 0.25) is 11.8 Å². The predicted molar refractivity (Wildman–Crippen MR) is 157 cm³/mol. The molecule has 1 aliphatic rings. The number of carbonyl (C=O) groups excluding carboxylic acids is 1. The number of amides is 1. The van der Waals surface area contributed by atoms with Crippen molar-refractivity contribution < 1.29 is 27.4 Å². The molecule has 0 radical (unpaired) electrons. The number of nitrogens with zero attached hydrogens (tertiary/aromatic N) is 4. The number of anilines is 2. The summed E-state index contributed by atoms with van der Waals surface area (Å²) in [7, 11) is 3.67. The molecule has 5 rings (SSSR count). The predicted octanol–water partition coefficient (Wildman–Crippen LogP) is 6.43. The van der Waals surface area contributed by atoms with Crippen LogP contribution < -0.4 is 20.1 Å². The molecule has 2 aromatic carbocycles. The Hall–Kier alpha value is -4.71. The molecule has 2 aromatic heterocycles. The lowest BCUT2D eigenvalue weighted by Crippen LogP contribution is -2.30. The quantitative estimate of drug-likeness (QED) is 0.230. The van der Waals surface area contributed by atoms with Gasteiger partial charge in [0.25, 0.3) is 5.91 Å². The first-order valence-corrected chi connectivity index (χ1v) is 13.7. The van der Waals surface area contributed by atoms with Crippen LogP contribution in [0.5, 0.6) is 17.4 Å². The zero-order valence-electron chi connectivity index (χ0n) is 23.9. The van der Waals surface area contributed by atoms with Crippen LogP contribution in [0.4, 0.5) is 24.8 Å². The topological polar surface area (TPSA) is 102 Å². The number of halogens is 3. The Bertz CT molecular complexity index is 1610. The molecule has 1 fully saturated rings. The van der Waals surface area contributed by atoms with E-state index in [9.17, 15) is 18.0 Å². The molecule has 4 aromatic rings. The Morgan fingerprint density at radius 2 is 1.93 bits per heavy atom. The summed E-state index contributed by atoms with van der Waals surface area (Å²) in [6, 6.07) is 13.4. The minimum Gasteiger partial charge on any atom is -0.492 e. The second kappa shape index (κ2) is 12.7. The molecular weight excluding hydrogens is 561 g/mol. The first kappa shape index (κ1) is 29.8. The van der Waals surface area contributed by atoms with Crippen LogP contribution >= 0.6 is 0 Å². The average Bonchev–Trinajstić information content (AvgIpc) is 3.41. The van der Waals surface area contributed by atoms with E-state index in [1.54, 1.807) is 49.8 Å². The van der Waals surface area contributed by atoms with Crippen molar-refractivity contribution in [1.82, 2.24) is 19.9 Å². The van der Waals surface area contributed by atoms with Crippen molar-refractivity contribution in [2.24, 2.45) is 0 Å². The molecule has 1 aliphatic heterocycles. The second-order valence-corrected chi connectivity index (χ2v) is 10.2. The number of pyridine rings is 1. The molecule has 9 nitrogen and oxygen atoms in total. The zero-order valence-corrected chi connectivity index (χ0v) is 23.9. The van der Waals surface area contributed by atoms with Crippen LogP contribution in [0.15, 0.2) is 67.0 Å². The van der Waals surface area contributed by atoms with E-state index in [-0.39, 0.29) is 35.5 Å². The monoisotopic (exact) mass is 592 g/mol. The number of hydrogen-bond acceptors (Lipinski definition) is 8. The smallest absolute Gasteiger partial charge is 0.416 e. The Kier molecular flexibility index (Phi) is 8.76. The van der Waals surface area contributed by atoms with Crippen LogP contribution in [0.2, 0.25) is 0 Å². The van der Waals surface area contributed by atoms with Gasteiger partial charge in [0.05, 0.1) is 16.8 Å². The number of likely N-dealkylation sites (N-methyl/N-ethyl adjacent to an activating group) is 1. The van der Waals surface area contributed by atoms with Crippen LogP contribution in [-0.2, 0) is 6.18 Å². The van der Waals surface area contributed by atoms with E-state index in [0.717, 1.165) is 37.1 Å². The first-order valence-electron chi connectivity index (χ1n) is 13.7. The lowest BCUT2D eigenvalue weighted by atomic mass is 10.1. The largest absolute Gasteiger partial charge is 0.492 e. The Balaban J connectivity index is 1.37. The molecule has 43 heavy (non-hydrogen) atoms. The normalized spacial score (nSPS) is 15.3. The Labute approximate surface area is 247 Å². The van der Waals surface area contributed by atoms with Crippen molar-refractivity contribution >= 4 is 17.5 Å². The van der Waals surface area contributed by atoms with Gasteiger partial charge in [-0.05, 0) is 81.4 Å². The number of likely N-dealkylation sites (tertiary alicyclic amines) is 1. The summed E-state index contributed by atoms with van der Waals surface area (Å²) in [4.78, 5) is 28.3. The van der Waals surface area contributed by atoms with Gasteiger partial charge in [0, 0.05) is 42.8 Å². The number of alkyl halides is 3. The van der Waals surface area contributed by atoms with Crippen molar-refractivity contribution in [3.05, 3.63) is 83.7 Å². The lowest BCUT2D eigenvalue weighted by molar-refractivity contribution is -0.137. The van der Waals surface area contributed by atoms with Gasteiger partial charge in [-0.15, -0.1) is 0 Å². The maximum atomic E-state index is 13.7. The number of benzene rings is 2. The van der Waals surface area contributed by atoms with Gasteiger partial charge < -0.3 is 25.0 Å². The Morgan fingerprint density at radius 1 is 1.09 bits per heavy atom. The fourth-order valence-electron chi connectivity index (χ4n) is 4.76. The molecule has 2 N–H and O–H groups in total. The molecule has 0 saturated carbocycles. The first-order chi connectivity index (χ1) is 20.6. The van der Waals surface area contributed by atoms with Crippen LogP contribution in [0.1, 0.15) is 34.3 Å². The number of carbonyl (C=O) groups is 1. The minimum absolute atomic E-state index is 0.0336. The van der Waals surface area contributed by atoms with Crippen LogP contribution in [0, 0.1) is 6.92 Å². The van der Waals surface area contributed by atoms with Crippen molar-refractivity contribution in [2.75, 3.05) is 37.9 Å². The standard InChI is InChI=1S/C31H31F3N6O3/c1-19-8-9-20(14-27(19)43-29-25(7-4-11-36-29)26-10-12-37-30(35-2)39-26)28(41)38-22-15-21(31(32,33)34)16-24(17-22)42-18-23-6-5-13-40(23)3/h4,7-12,14-17,23H,5-6,13,18H2,1-3H3,(H,38,41)(H,35,37,39)/t23-/m0/s1. The lowest BCUT2D eigenvalue weighted by Gasteiger charge is -2.20. The highest BCUT2D eigenvalue weighted by molar-refractivity contribution is 6.04. The molecule has 0 unspecified atom stereocenters. The van der Waals surface area contributed by atoms with E-state index in [0.29, 0.717) is 23.0 Å². The fourth-order valence-corrected chi connectivity index (χ4v) is 4.76. The van der Waals surface area contributed by atoms with Crippen molar-refractivity contribution in [1.29, 1.82) is 0 Å². The van der Waals surface area contributed by atoms with Crippen molar-refractivity contribution in [3.63, 3.8) is 0 Å². The van der Waals surface area contributed by atoms with E-state index < -0.39 is 17.6 Å². The van der Waals surface area contributed by atoms with Gasteiger partial charge in [-0.1, -0.05) is 6.07 Å². The van der Waals surface area contributed by atoms with E-state index in [1.165, 1.54) is 12.1 Å². The van der Waals surface area contributed by atoms with E-state index in [2.05, 4.69) is 30.5 Å². The van der Waals surface area contributed by atoms with Crippen molar-refractivity contribution in [3.8, 4) is 28.6 Å². The summed E-state index contributed by atoms with van der Waals surface area (Å²) in [5.74, 6) is 0.463. The summed E-state index contributed by atoms with van der Waals surface area (Å²) in [5.41, 5.74) is 1.14. The molecule has 0 bridgehead atoms. The molecule has 1 saturated heterocycles. The van der Waals surface area contributed by atoms with Crippen LogP contribution in [-0.4, -0.2) is 59.0 Å². The van der Waals surface area contributed by atoms with Crippen LogP contribution in [0.25, 0.3) is 11.3 Å². The van der Waals surface area contributed by atoms with Gasteiger partial charge in [-0.25, -0.2) is 15.0 Å². The summed E-state index contributed by atoms with van der Waals surface area (Å²) in [5, 5.41) is 5.48. The maximum Gasteiger partial charge on any atom is 0.416 e. The number of aryl methyl sites for hydroxylation is 1. The highest BCUT2D eigenvalue weighted by Crippen LogP contribution is 2.36. The summed E-state index contributed by atoms with van der Waals surface area (Å²) >= 11 is 0. The minimum atomic E-state index is -4.62. The molecule has 1 atom stereocenters. The van der Waals surface area contributed by atoms with Gasteiger partial charge in [-0.2, -0.15) is 13.2 Å². The average molecular weight is 593 g/mol. The molecular formula is C31H31F3N6O3. The molecule has 1 amide bonds. The number of aromatic nitrogens is 3. The zero-order chi connectivity index (χ0) is 30.6. The Morgan fingerprint density at radius 3 is 2.67 bits per heavy atom. The molecule has 0 aliphatic carbocycles.